The minimum absolute atomic E-state index is 0.00317. The van der Waals surface area contributed by atoms with Crippen molar-refractivity contribution in [3.8, 4) is 0 Å². The van der Waals surface area contributed by atoms with Crippen LogP contribution in [-0.2, 0) is 15.3 Å². The normalized spacial score (nSPS) is 14.5. The molecule has 0 aliphatic heterocycles. The number of benzene rings is 1. The zero-order valence-corrected chi connectivity index (χ0v) is 10.3. The Morgan fingerprint density at radius 2 is 2.12 bits per heavy atom. The Labute approximate surface area is 106 Å². The number of amides is 1. The van der Waals surface area contributed by atoms with Crippen LogP contribution in [0, 0.1) is 0 Å². The second-order valence-corrected chi connectivity index (χ2v) is 4.43. The molecule has 1 aromatic rings. The molecule has 0 aromatic heterocycles. The second kappa shape index (κ2) is 6.96. The molecule has 1 unspecified atom stereocenters. The largest absolute Gasteiger partial charge is 0.480 e. The zero-order chi connectivity index (χ0) is 13.6. The molecule has 5 heteroatoms. The first-order valence-electron chi connectivity index (χ1n) is 5.58. The highest BCUT2D eigenvalue weighted by Crippen LogP contribution is 2.12. The van der Waals surface area contributed by atoms with Crippen molar-refractivity contribution < 1.29 is 16.1 Å². The van der Waals surface area contributed by atoms with E-state index in [9.17, 15) is 9.59 Å². The summed E-state index contributed by atoms with van der Waals surface area (Å²) in [4.78, 5) is 21.9. The lowest BCUT2D eigenvalue weighted by molar-refractivity contribution is -0.140. The van der Waals surface area contributed by atoms with Crippen molar-refractivity contribution in [1.29, 1.82) is 0 Å². The maximum atomic E-state index is 11.0. The van der Waals surface area contributed by atoms with E-state index in [1.54, 1.807) is 0 Å². The molecule has 0 aliphatic rings. The maximum Gasteiger partial charge on any atom is 0.327 e. The quantitative estimate of drug-likeness (QED) is 0.807. The summed E-state index contributed by atoms with van der Waals surface area (Å²) >= 11 is 1.30. The van der Waals surface area contributed by atoms with Crippen LogP contribution in [0.15, 0.2) is 30.3 Å². The van der Waals surface area contributed by atoms with E-state index in [0.29, 0.717) is 5.75 Å². The molecule has 1 amide bonds. The summed E-state index contributed by atoms with van der Waals surface area (Å²) in [5.74, 6) is -1.27. The third-order valence-corrected chi connectivity index (χ3v) is 2.97. The van der Waals surface area contributed by atoms with E-state index in [0.717, 1.165) is 5.56 Å². The molecule has 0 spiro atoms. The van der Waals surface area contributed by atoms with E-state index in [4.69, 9.17) is 6.48 Å². The number of carbonyl (C=O) groups is 2. The van der Waals surface area contributed by atoms with E-state index in [1.807, 2.05) is 30.3 Å². The SMILES string of the molecule is [2H]C(CSCc1ccccc1)(NC(C)=O)C(=O)O. The number of nitrogens with one attached hydrogen (secondary N) is 1. The van der Waals surface area contributed by atoms with Gasteiger partial charge in [-0.3, -0.25) is 4.79 Å². The molecule has 0 bridgehead atoms. The van der Waals surface area contributed by atoms with Gasteiger partial charge >= 0.3 is 5.97 Å². The Hall–Kier alpha value is -1.49. The number of carboxylic acid groups (broad SMARTS) is 1. The number of carboxylic acids is 1. The zero-order valence-electron chi connectivity index (χ0n) is 10.5. The van der Waals surface area contributed by atoms with E-state index in [-0.39, 0.29) is 5.75 Å². The number of rotatable bonds is 6. The fraction of sp³-hybridized carbons (Fsp3) is 0.333. The first-order chi connectivity index (χ1) is 8.44. The fourth-order valence-corrected chi connectivity index (χ4v) is 2.14. The number of thioether (sulfide) groups is 1. The number of carbonyl (C=O) groups excluding carboxylic acids is 1. The molecule has 1 atom stereocenters. The van der Waals surface area contributed by atoms with Crippen LogP contribution >= 0.6 is 11.8 Å². The molecule has 17 heavy (non-hydrogen) atoms. The van der Waals surface area contributed by atoms with E-state index in [2.05, 4.69) is 5.32 Å². The summed E-state index contributed by atoms with van der Waals surface area (Å²) in [5.41, 5.74) is 1.05. The van der Waals surface area contributed by atoms with Crippen molar-refractivity contribution in [2.75, 3.05) is 5.75 Å². The average Bonchev–Trinajstić information content (AvgIpc) is 2.29. The minimum atomic E-state index is -1.97. The van der Waals surface area contributed by atoms with Crippen molar-refractivity contribution in [3.63, 3.8) is 0 Å². The minimum Gasteiger partial charge on any atom is -0.480 e. The van der Waals surface area contributed by atoms with Crippen molar-refractivity contribution in [2.45, 2.75) is 18.7 Å². The van der Waals surface area contributed by atoms with E-state index in [1.165, 1.54) is 18.7 Å². The molecule has 2 N–H and O–H groups in total. The Morgan fingerprint density at radius 1 is 1.47 bits per heavy atom. The molecule has 0 heterocycles. The molecule has 4 nitrogen and oxygen atoms in total. The standard InChI is InChI=1S/C12H15NO3S/c1-9(14)13-11(12(15)16)8-17-7-10-5-3-2-4-6-10/h2-6,11H,7-8H2,1H3,(H,13,14)(H,15,16)/i11D. The smallest absolute Gasteiger partial charge is 0.327 e. The Balaban J connectivity index is 2.53. The first-order valence-corrected chi connectivity index (χ1v) is 6.23. The topological polar surface area (TPSA) is 66.4 Å². The summed E-state index contributed by atoms with van der Waals surface area (Å²) < 4.78 is 7.72. The number of aliphatic carboxylic acids is 1. The summed E-state index contributed by atoms with van der Waals surface area (Å²) in [6.45, 7) is 1.20. The summed E-state index contributed by atoms with van der Waals surface area (Å²) in [6.07, 6.45) is 0. The molecule has 0 radical (unpaired) electrons. The lowest BCUT2D eigenvalue weighted by Gasteiger charge is -2.12. The number of hydrogen-bond acceptors (Lipinski definition) is 3. The molecule has 1 rings (SSSR count). The van der Waals surface area contributed by atoms with Crippen molar-refractivity contribution in [2.24, 2.45) is 0 Å². The predicted octanol–water partition coefficient (Wildman–Crippen LogP) is 1.51. The van der Waals surface area contributed by atoms with Gasteiger partial charge in [0.2, 0.25) is 5.91 Å². The van der Waals surface area contributed by atoms with Gasteiger partial charge < -0.3 is 10.4 Å². The van der Waals surface area contributed by atoms with Crippen molar-refractivity contribution >= 4 is 23.6 Å². The van der Waals surface area contributed by atoms with Gasteiger partial charge in [-0.2, -0.15) is 11.8 Å². The lowest BCUT2D eigenvalue weighted by atomic mass is 10.2. The van der Waals surface area contributed by atoms with Gasteiger partial charge in [0, 0.05) is 18.4 Å². The van der Waals surface area contributed by atoms with Gasteiger partial charge in [0.15, 0.2) is 0 Å². The van der Waals surface area contributed by atoms with Gasteiger partial charge in [0.1, 0.15) is 6.02 Å². The molecule has 1 aromatic carbocycles. The fourth-order valence-electron chi connectivity index (χ4n) is 1.21. The highest BCUT2D eigenvalue weighted by Gasteiger charge is 2.17. The molecule has 92 valence electrons. The van der Waals surface area contributed by atoms with Gasteiger partial charge in [-0.05, 0) is 5.56 Å². The van der Waals surface area contributed by atoms with Crippen LogP contribution in [0.4, 0.5) is 0 Å². The van der Waals surface area contributed by atoms with E-state index < -0.39 is 17.9 Å². The van der Waals surface area contributed by atoms with Gasteiger partial charge in [-0.15, -0.1) is 0 Å². The average molecular weight is 254 g/mol. The molecule has 0 fully saturated rings. The second-order valence-electron chi connectivity index (χ2n) is 3.44. The van der Waals surface area contributed by atoms with Crippen LogP contribution in [0.1, 0.15) is 13.9 Å². The first kappa shape index (κ1) is 12.0. The predicted molar refractivity (Wildman–Crippen MR) is 67.8 cm³/mol. The molecular formula is C12H15NO3S. The molecule has 0 saturated carbocycles. The maximum absolute atomic E-state index is 11.0. The highest BCUT2D eigenvalue weighted by molar-refractivity contribution is 7.98. The molecule has 0 saturated heterocycles. The molecule has 0 aliphatic carbocycles. The van der Waals surface area contributed by atoms with E-state index >= 15 is 0 Å². The van der Waals surface area contributed by atoms with Gasteiger partial charge in [-0.25, -0.2) is 4.79 Å². The highest BCUT2D eigenvalue weighted by atomic mass is 32.2. The summed E-state index contributed by atoms with van der Waals surface area (Å²) in [7, 11) is 0. The van der Waals surface area contributed by atoms with Crippen LogP contribution in [0.3, 0.4) is 0 Å². The van der Waals surface area contributed by atoms with Crippen molar-refractivity contribution in [3.05, 3.63) is 35.9 Å². The van der Waals surface area contributed by atoms with Crippen LogP contribution in [-0.4, -0.2) is 28.8 Å². The van der Waals surface area contributed by atoms with Crippen LogP contribution in [0.25, 0.3) is 0 Å². The Bertz CT molecular complexity index is 427. The van der Waals surface area contributed by atoms with Gasteiger partial charge in [-0.1, -0.05) is 30.3 Å². The lowest BCUT2D eigenvalue weighted by Crippen LogP contribution is -2.41. The van der Waals surface area contributed by atoms with Crippen LogP contribution in [0.2, 0.25) is 0 Å². The van der Waals surface area contributed by atoms with Crippen LogP contribution in [0.5, 0.6) is 0 Å². The van der Waals surface area contributed by atoms with Gasteiger partial charge in [0.05, 0.1) is 1.37 Å². The van der Waals surface area contributed by atoms with Crippen LogP contribution < -0.4 is 5.32 Å². The molecular weight excluding hydrogens is 238 g/mol. The van der Waals surface area contributed by atoms with Gasteiger partial charge in [0.25, 0.3) is 0 Å². The summed E-state index contributed by atoms with van der Waals surface area (Å²) in [5, 5.41) is 11.1. The number of hydrogen-bond donors (Lipinski definition) is 2. The Kier molecular flexibility index (Phi) is 4.90. The third-order valence-electron chi connectivity index (χ3n) is 1.94. The third kappa shape index (κ3) is 5.40. The van der Waals surface area contributed by atoms with Crippen molar-refractivity contribution in [1.82, 2.24) is 5.32 Å². The summed E-state index contributed by atoms with van der Waals surface area (Å²) in [6, 6.07) is 7.59. The monoisotopic (exact) mass is 254 g/mol. The Morgan fingerprint density at radius 3 is 2.65 bits per heavy atom.